The number of rotatable bonds is 2. The first kappa shape index (κ1) is 9.64. The lowest BCUT2D eigenvalue weighted by molar-refractivity contribution is 0.429. The molecule has 0 radical (unpaired) electrons. The Balaban J connectivity index is 2.05. The van der Waals surface area contributed by atoms with Crippen molar-refractivity contribution in [1.82, 2.24) is 20.3 Å². The Bertz CT molecular complexity index is 596. The molecule has 0 saturated heterocycles. The molecule has 0 aromatic carbocycles. The molecule has 3 aromatic rings. The minimum absolute atomic E-state index is 0.307. The van der Waals surface area contributed by atoms with Gasteiger partial charge in [-0.3, -0.25) is 5.10 Å². The van der Waals surface area contributed by atoms with E-state index < -0.39 is 0 Å². The van der Waals surface area contributed by atoms with Gasteiger partial charge >= 0.3 is 0 Å². The molecule has 0 saturated carbocycles. The lowest BCUT2D eigenvalue weighted by Gasteiger charge is -1.89. The second kappa shape index (κ2) is 3.48. The minimum Gasteiger partial charge on any atom is -0.461 e. The van der Waals surface area contributed by atoms with E-state index in [1.165, 1.54) is 6.20 Å². The molecule has 0 aliphatic rings. The average molecular weight is 231 g/mol. The summed E-state index contributed by atoms with van der Waals surface area (Å²) in [4.78, 5) is 4.21. The molecule has 0 atom stereocenters. The number of nitrogens with zero attached hydrogens (tertiary/aromatic N) is 3. The Labute approximate surface area is 95.6 Å². The van der Waals surface area contributed by atoms with E-state index in [0.29, 0.717) is 28.9 Å². The largest absolute Gasteiger partial charge is 0.461 e. The number of nitrogen functional groups attached to an aromatic ring is 1. The topological polar surface area (TPSA) is 107 Å². The number of aryl methyl sites for hydroxylation is 1. The van der Waals surface area contributed by atoms with Crippen LogP contribution < -0.4 is 5.73 Å². The number of aromatic amines is 1. The van der Waals surface area contributed by atoms with E-state index in [2.05, 4.69) is 20.3 Å². The first-order valence-corrected chi connectivity index (χ1v) is 4.93. The van der Waals surface area contributed by atoms with Crippen molar-refractivity contribution in [3.05, 3.63) is 24.1 Å². The van der Waals surface area contributed by atoms with Crippen molar-refractivity contribution < 1.29 is 8.94 Å². The van der Waals surface area contributed by atoms with Gasteiger partial charge in [0.25, 0.3) is 5.89 Å². The van der Waals surface area contributed by atoms with Crippen LogP contribution in [0, 0.1) is 6.92 Å². The molecule has 0 amide bonds. The van der Waals surface area contributed by atoms with E-state index in [4.69, 9.17) is 14.7 Å². The maximum Gasteiger partial charge on any atom is 0.263 e. The minimum atomic E-state index is 0.307. The maximum atomic E-state index is 5.66. The molecule has 7 nitrogen and oxygen atoms in total. The van der Waals surface area contributed by atoms with Crippen LogP contribution in [-0.2, 0) is 0 Å². The van der Waals surface area contributed by atoms with Crippen molar-refractivity contribution >= 4 is 5.82 Å². The summed E-state index contributed by atoms with van der Waals surface area (Å²) in [5, 5.41) is 10.2. The van der Waals surface area contributed by atoms with Crippen molar-refractivity contribution in [2.45, 2.75) is 6.92 Å². The summed E-state index contributed by atoms with van der Waals surface area (Å²) >= 11 is 0. The summed E-state index contributed by atoms with van der Waals surface area (Å²) in [6.45, 7) is 1.90. The van der Waals surface area contributed by atoms with Gasteiger partial charge < -0.3 is 14.7 Å². The van der Waals surface area contributed by atoms with Crippen molar-refractivity contribution in [2.75, 3.05) is 5.73 Å². The molecular formula is C10H9N5O2. The molecule has 0 bridgehead atoms. The Morgan fingerprint density at radius 3 is 2.94 bits per heavy atom. The molecule has 7 heteroatoms. The average Bonchev–Trinajstić information content (AvgIpc) is 2.97. The molecule has 0 unspecified atom stereocenters. The zero-order chi connectivity index (χ0) is 11.8. The SMILES string of the molecule is Cc1ccoc1-c1noc(-c2cn[nH]c2N)n1. The van der Waals surface area contributed by atoms with Crippen molar-refractivity contribution in [3.8, 4) is 23.0 Å². The molecule has 3 rings (SSSR count). The standard InChI is InChI=1S/C10H9N5O2/c1-5-2-3-16-7(5)9-13-10(17-15-9)6-4-12-14-8(6)11/h2-4H,1H3,(H3,11,12,14). The normalized spacial score (nSPS) is 10.9. The van der Waals surface area contributed by atoms with E-state index in [-0.39, 0.29) is 0 Å². The number of hydrogen-bond acceptors (Lipinski definition) is 6. The zero-order valence-corrected chi connectivity index (χ0v) is 8.97. The number of nitrogens with one attached hydrogen (secondary N) is 1. The summed E-state index contributed by atoms with van der Waals surface area (Å²) in [5.41, 5.74) is 7.18. The highest BCUT2D eigenvalue weighted by atomic mass is 16.5. The van der Waals surface area contributed by atoms with E-state index in [1.807, 2.05) is 13.0 Å². The van der Waals surface area contributed by atoms with Crippen molar-refractivity contribution in [3.63, 3.8) is 0 Å². The summed E-state index contributed by atoms with van der Waals surface area (Å²) in [5.74, 6) is 1.67. The van der Waals surface area contributed by atoms with Gasteiger partial charge in [0, 0.05) is 0 Å². The van der Waals surface area contributed by atoms with Gasteiger partial charge in [-0.15, -0.1) is 0 Å². The smallest absolute Gasteiger partial charge is 0.263 e. The second-order valence-electron chi connectivity index (χ2n) is 3.55. The summed E-state index contributed by atoms with van der Waals surface area (Å²) in [6, 6.07) is 1.83. The number of furan rings is 1. The van der Waals surface area contributed by atoms with Gasteiger partial charge in [0.05, 0.1) is 12.5 Å². The molecular weight excluding hydrogens is 222 g/mol. The molecule has 3 aromatic heterocycles. The number of nitrogens with two attached hydrogens (primary N) is 1. The first-order chi connectivity index (χ1) is 8.25. The van der Waals surface area contributed by atoms with Crippen LogP contribution in [0.25, 0.3) is 23.0 Å². The third-order valence-electron chi connectivity index (χ3n) is 2.39. The molecule has 3 heterocycles. The molecule has 0 fully saturated rings. The third kappa shape index (κ3) is 1.48. The highest BCUT2D eigenvalue weighted by Crippen LogP contribution is 2.26. The van der Waals surface area contributed by atoms with Crippen molar-refractivity contribution in [2.24, 2.45) is 0 Å². The Hall–Kier alpha value is -2.57. The molecule has 0 aliphatic heterocycles. The molecule has 3 N–H and O–H groups in total. The summed E-state index contributed by atoms with van der Waals surface area (Å²) < 4.78 is 10.4. The monoisotopic (exact) mass is 231 g/mol. The summed E-state index contributed by atoms with van der Waals surface area (Å²) in [6.07, 6.45) is 3.11. The fraction of sp³-hybridized carbons (Fsp3) is 0.100. The van der Waals surface area contributed by atoms with Crippen LogP contribution in [-0.4, -0.2) is 20.3 Å². The number of aromatic nitrogens is 4. The van der Waals surface area contributed by atoms with Crippen molar-refractivity contribution in [1.29, 1.82) is 0 Å². The molecule has 0 aliphatic carbocycles. The van der Waals surface area contributed by atoms with Crippen LogP contribution in [0.1, 0.15) is 5.56 Å². The van der Waals surface area contributed by atoms with Gasteiger partial charge in [0.2, 0.25) is 5.82 Å². The van der Waals surface area contributed by atoms with Gasteiger partial charge in [0.15, 0.2) is 5.76 Å². The van der Waals surface area contributed by atoms with Crippen LogP contribution in [0.5, 0.6) is 0 Å². The van der Waals surface area contributed by atoms with Gasteiger partial charge in [-0.25, -0.2) is 0 Å². The van der Waals surface area contributed by atoms with Crippen LogP contribution in [0.2, 0.25) is 0 Å². The fourth-order valence-electron chi connectivity index (χ4n) is 1.49. The Kier molecular flexibility index (Phi) is 1.97. The van der Waals surface area contributed by atoms with E-state index in [9.17, 15) is 0 Å². The Morgan fingerprint density at radius 1 is 1.41 bits per heavy atom. The third-order valence-corrected chi connectivity index (χ3v) is 2.39. The molecule has 86 valence electrons. The fourth-order valence-corrected chi connectivity index (χ4v) is 1.49. The van der Waals surface area contributed by atoms with Gasteiger partial charge in [-0.05, 0) is 18.6 Å². The van der Waals surface area contributed by atoms with E-state index in [1.54, 1.807) is 6.26 Å². The van der Waals surface area contributed by atoms with Gasteiger partial charge in [-0.2, -0.15) is 10.1 Å². The van der Waals surface area contributed by atoms with Crippen LogP contribution >= 0.6 is 0 Å². The maximum absolute atomic E-state index is 5.66. The van der Waals surface area contributed by atoms with E-state index >= 15 is 0 Å². The zero-order valence-electron chi connectivity index (χ0n) is 8.97. The quantitative estimate of drug-likeness (QED) is 0.693. The predicted molar refractivity (Wildman–Crippen MR) is 58.7 cm³/mol. The lowest BCUT2D eigenvalue weighted by atomic mass is 10.3. The second-order valence-corrected chi connectivity index (χ2v) is 3.55. The number of hydrogen-bond donors (Lipinski definition) is 2. The highest BCUT2D eigenvalue weighted by molar-refractivity contribution is 5.67. The van der Waals surface area contributed by atoms with E-state index in [0.717, 1.165) is 5.56 Å². The predicted octanol–water partition coefficient (Wildman–Crippen LogP) is 1.61. The van der Waals surface area contributed by atoms with Crippen LogP contribution in [0.15, 0.2) is 27.5 Å². The van der Waals surface area contributed by atoms with Crippen LogP contribution in [0.3, 0.4) is 0 Å². The molecule has 0 spiro atoms. The highest BCUT2D eigenvalue weighted by Gasteiger charge is 2.17. The lowest BCUT2D eigenvalue weighted by Crippen LogP contribution is -1.87. The number of H-pyrrole nitrogens is 1. The Morgan fingerprint density at radius 2 is 2.29 bits per heavy atom. The van der Waals surface area contributed by atoms with Gasteiger partial charge in [-0.1, -0.05) is 5.16 Å². The molecule has 17 heavy (non-hydrogen) atoms. The summed E-state index contributed by atoms with van der Waals surface area (Å²) in [7, 11) is 0. The number of anilines is 1. The first-order valence-electron chi connectivity index (χ1n) is 4.93. The van der Waals surface area contributed by atoms with Gasteiger partial charge in [0.1, 0.15) is 11.4 Å². The van der Waals surface area contributed by atoms with Crippen LogP contribution in [0.4, 0.5) is 5.82 Å².